The summed E-state index contributed by atoms with van der Waals surface area (Å²) in [5, 5.41) is 0. The van der Waals surface area contributed by atoms with Crippen LogP contribution in [0.25, 0.3) is 0 Å². The summed E-state index contributed by atoms with van der Waals surface area (Å²) < 4.78 is 0. The fraction of sp³-hybridized carbons (Fsp3) is 1.00. The minimum atomic E-state index is 0.182. The Hall–Kier alpha value is -0.0400. The molecule has 0 aromatic carbocycles. The maximum atomic E-state index is 6.78. The zero-order valence-corrected chi connectivity index (χ0v) is 13.0. The van der Waals surface area contributed by atoms with E-state index in [1.807, 2.05) is 0 Å². The summed E-state index contributed by atoms with van der Waals surface area (Å²) in [4.78, 5) is 0. The molecule has 0 saturated heterocycles. The third-order valence-corrected chi connectivity index (χ3v) is 5.97. The molecule has 1 heteroatoms. The van der Waals surface area contributed by atoms with Gasteiger partial charge in [0, 0.05) is 5.54 Å². The van der Waals surface area contributed by atoms with Gasteiger partial charge in [0.15, 0.2) is 0 Å². The lowest BCUT2D eigenvalue weighted by Gasteiger charge is -2.47. The molecule has 0 heterocycles. The van der Waals surface area contributed by atoms with Crippen molar-refractivity contribution in [3.05, 3.63) is 0 Å². The summed E-state index contributed by atoms with van der Waals surface area (Å²) in [5.74, 6) is 2.64. The molecule has 0 aromatic rings. The van der Waals surface area contributed by atoms with E-state index in [9.17, 15) is 0 Å². The van der Waals surface area contributed by atoms with E-state index in [4.69, 9.17) is 5.73 Å². The summed E-state index contributed by atoms with van der Waals surface area (Å²) in [6.07, 6.45) is 10.8. The Morgan fingerprint density at radius 3 is 1.83 bits per heavy atom. The van der Waals surface area contributed by atoms with Crippen molar-refractivity contribution < 1.29 is 0 Å². The van der Waals surface area contributed by atoms with E-state index in [0.717, 1.165) is 17.8 Å². The van der Waals surface area contributed by atoms with Crippen molar-refractivity contribution in [1.29, 1.82) is 0 Å². The van der Waals surface area contributed by atoms with Gasteiger partial charge in [-0.3, -0.25) is 0 Å². The van der Waals surface area contributed by atoms with Gasteiger partial charge in [0.05, 0.1) is 0 Å². The predicted octanol–water partition coefficient (Wildman–Crippen LogP) is 4.75. The van der Waals surface area contributed by atoms with Gasteiger partial charge in [0.25, 0.3) is 0 Å². The highest BCUT2D eigenvalue weighted by Gasteiger charge is 2.41. The molecule has 2 rings (SSSR count). The Morgan fingerprint density at radius 2 is 1.39 bits per heavy atom. The lowest BCUT2D eigenvalue weighted by atomic mass is 9.61. The Morgan fingerprint density at radius 1 is 0.889 bits per heavy atom. The first-order valence-electron chi connectivity index (χ1n) is 8.10. The molecule has 0 spiro atoms. The highest BCUT2D eigenvalue weighted by atomic mass is 14.8. The van der Waals surface area contributed by atoms with E-state index in [1.54, 1.807) is 0 Å². The SMILES string of the molecule is CC1CCC(C2(N)CCC(C(C)(C)C)CC2)CC1. The van der Waals surface area contributed by atoms with E-state index in [0.29, 0.717) is 5.41 Å². The van der Waals surface area contributed by atoms with Crippen molar-refractivity contribution in [2.45, 2.75) is 84.6 Å². The second-order valence-corrected chi connectivity index (χ2v) is 8.33. The van der Waals surface area contributed by atoms with Gasteiger partial charge >= 0.3 is 0 Å². The highest BCUT2D eigenvalue weighted by Crippen LogP contribution is 2.46. The monoisotopic (exact) mass is 251 g/mol. The van der Waals surface area contributed by atoms with Crippen LogP contribution in [0.2, 0.25) is 0 Å². The molecule has 106 valence electrons. The van der Waals surface area contributed by atoms with Crippen molar-refractivity contribution in [3.8, 4) is 0 Å². The fourth-order valence-electron chi connectivity index (χ4n) is 4.26. The predicted molar refractivity (Wildman–Crippen MR) is 79.5 cm³/mol. The van der Waals surface area contributed by atoms with Crippen LogP contribution >= 0.6 is 0 Å². The molecule has 18 heavy (non-hydrogen) atoms. The molecule has 0 aromatic heterocycles. The molecule has 1 nitrogen and oxygen atoms in total. The molecule has 2 saturated carbocycles. The standard InChI is InChI=1S/C17H33N/c1-13-5-7-15(8-6-13)17(18)11-9-14(10-12-17)16(2,3)4/h13-15H,5-12,18H2,1-4H3. The van der Waals surface area contributed by atoms with Gasteiger partial charge in [-0.05, 0) is 61.7 Å². The van der Waals surface area contributed by atoms with Gasteiger partial charge in [-0.25, -0.2) is 0 Å². The van der Waals surface area contributed by atoms with Crippen LogP contribution in [0.1, 0.15) is 79.1 Å². The minimum absolute atomic E-state index is 0.182. The van der Waals surface area contributed by atoms with Gasteiger partial charge in [-0.15, -0.1) is 0 Å². The third kappa shape index (κ3) is 3.10. The van der Waals surface area contributed by atoms with Gasteiger partial charge in [-0.1, -0.05) is 40.5 Å². The van der Waals surface area contributed by atoms with Crippen molar-refractivity contribution in [1.82, 2.24) is 0 Å². The Labute approximate surface area is 114 Å². The smallest absolute Gasteiger partial charge is 0.0183 e. The zero-order valence-electron chi connectivity index (χ0n) is 13.0. The summed E-state index contributed by atoms with van der Waals surface area (Å²) in [6, 6.07) is 0. The number of nitrogens with two attached hydrogens (primary N) is 1. The molecule has 2 fully saturated rings. The lowest BCUT2D eigenvalue weighted by molar-refractivity contribution is 0.0791. The topological polar surface area (TPSA) is 26.0 Å². The van der Waals surface area contributed by atoms with Crippen LogP contribution in [-0.2, 0) is 0 Å². The van der Waals surface area contributed by atoms with Gasteiger partial charge in [-0.2, -0.15) is 0 Å². The van der Waals surface area contributed by atoms with E-state index in [2.05, 4.69) is 27.7 Å². The van der Waals surface area contributed by atoms with Crippen LogP contribution in [0.5, 0.6) is 0 Å². The average Bonchev–Trinajstić information content (AvgIpc) is 2.29. The summed E-state index contributed by atoms with van der Waals surface area (Å²) in [5.41, 5.74) is 7.44. The molecule has 0 amide bonds. The van der Waals surface area contributed by atoms with E-state index >= 15 is 0 Å². The molecule has 2 aliphatic carbocycles. The Kier molecular flexibility index (Phi) is 4.11. The Bertz CT molecular complexity index is 260. The first-order chi connectivity index (χ1) is 8.31. The molecule has 0 unspecified atom stereocenters. The first-order valence-corrected chi connectivity index (χ1v) is 8.10. The first kappa shape index (κ1) is 14.4. The van der Waals surface area contributed by atoms with Crippen LogP contribution < -0.4 is 5.73 Å². The van der Waals surface area contributed by atoms with Crippen LogP contribution in [-0.4, -0.2) is 5.54 Å². The number of hydrogen-bond donors (Lipinski definition) is 1. The van der Waals surface area contributed by atoms with Crippen molar-refractivity contribution in [3.63, 3.8) is 0 Å². The second kappa shape index (κ2) is 5.15. The molecular formula is C17H33N. The molecular weight excluding hydrogens is 218 g/mol. The van der Waals surface area contributed by atoms with Crippen LogP contribution in [0, 0.1) is 23.2 Å². The van der Waals surface area contributed by atoms with Gasteiger partial charge in [0.2, 0.25) is 0 Å². The number of rotatable bonds is 1. The largest absolute Gasteiger partial charge is 0.325 e. The summed E-state index contributed by atoms with van der Waals surface area (Å²) in [6.45, 7) is 9.58. The second-order valence-electron chi connectivity index (χ2n) is 8.33. The maximum absolute atomic E-state index is 6.78. The molecule has 0 bridgehead atoms. The van der Waals surface area contributed by atoms with Crippen LogP contribution in [0.3, 0.4) is 0 Å². The third-order valence-electron chi connectivity index (χ3n) is 5.97. The van der Waals surface area contributed by atoms with Crippen molar-refractivity contribution in [2.24, 2.45) is 28.9 Å². The Balaban J connectivity index is 1.91. The summed E-state index contributed by atoms with van der Waals surface area (Å²) in [7, 11) is 0. The normalized spacial score (nSPS) is 42.8. The highest BCUT2D eigenvalue weighted by molar-refractivity contribution is 4.98. The number of hydrogen-bond acceptors (Lipinski definition) is 1. The maximum Gasteiger partial charge on any atom is 0.0183 e. The van der Waals surface area contributed by atoms with Gasteiger partial charge in [0.1, 0.15) is 0 Å². The van der Waals surface area contributed by atoms with Crippen LogP contribution in [0.15, 0.2) is 0 Å². The van der Waals surface area contributed by atoms with Crippen molar-refractivity contribution >= 4 is 0 Å². The fourth-order valence-corrected chi connectivity index (χ4v) is 4.26. The quantitative estimate of drug-likeness (QED) is 0.715. The lowest BCUT2D eigenvalue weighted by Crippen LogP contribution is -2.51. The molecule has 2 N–H and O–H groups in total. The molecule has 2 aliphatic rings. The van der Waals surface area contributed by atoms with E-state index in [-0.39, 0.29) is 5.54 Å². The van der Waals surface area contributed by atoms with E-state index in [1.165, 1.54) is 51.4 Å². The average molecular weight is 251 g/mol. The molecule has 0 atom stereocenters. The summed E-state index contributed by atoms with van der Waals surface area (Å²) >= 11 is 0. The molecule has 0 aliphatic heterocycles. The minimum Gasteiger partial charge on any atom is -0.325 e. The van der Waals surface area contributed by atoms with Crippen molar-refractivity contribution in [2.75, 3.05) is 0 Å². The van der Waals surface area contributed by atoms with Crippen LogP contribution in [0.4, 0.5) is 0 Å². The van der Waals surface area contributed by atoms with Gasteiger partial charge < -0.3 is 5.73 Å². The van der Waals surface area contributed by atoms with E-state index < -0.39 is 0 Å². The zero-order chi connectivity index (χ0) is 13.4. The molecule has 0 radical (unpaired) electrons.